The fourth-order valence-electron chi connectivity index (χ4n) is 4.20. The molecule has 28 heavy (non-hydrogen) atoms. The molecular formula is C21H28N4OS2. The number of aryl methyl sites for hydroxylation is 2. The molecule has 0 aliphatic heterocycles. The predicted molar refractivity (Wildman–Crippen MR) is 120 cm³/mol. The molecular weight excluding hydrogens is 388 g/mol. The van der Waals surface area contributed by atoms with E-state index < -0.39 is 0 Å². The Balaban J connectivity index is 1.99. The van der Waals surface area contributed by atoms with Crippen molar-refractivity contribution in [1.82, 2.24) is 15.0 Å². The molecule has 1 aliphatic rings. The number of rotatable bonds is 8. The second-order valence-electron chi connectivity index (χ2n) is 7.27. The first-order valence-corrected chi connectivity index (χ1v) is 12.3. The highest BCUT2D eigenvalue weighted by molar-refractivity contribution is 7.98. The van der Waals surface area contributed by atoms with E-state index in [1.54, 1.807) is 23.1 Å². The van der Waals surface area contributed by atoms with E-state index in [1.165, 1.54) is 41.5 Å². The Morgan fingerprint density at radius 3 is 2.68 bits per heavy atom. The van der Waals surface area contributed by atoms with Crippen LogP contribution in [0.1, 0.15) is 49.9 Å². The van der Waals surface area contributed by atoms with E-state index in [0.29, 0.717) is 6.54 Å². The topological polar surface area (TPSA) is 62.1 Å². The largest absolute Gasteiger partial charge is 0.395 e. The molecule has 150 valence electrons. The smallest absolute Gasteiger partial charge is 0.189 e. The molecule has 0 fully saturated rings. The highest BCUT2D eigenvalue weighted by Crippen LogP contribution is 2.43. The minimum Gasteiger partial charge on any atom is -0.395 e. The Morgan fingerprint density at radius 2 is 1.96 bits per heavy atom. The van der Waals surface area contributed by atoms with Gasteiger partial charge in [-0.3, -0.25) is 0 Å². The van der Waals surface area contributed by atoms with Crippen LogP contribution in [0.25, 0.3) is 20.4 Å². The van der Waals surface area contributed by atoms with Crippen LogP contribution in [-0.2, 0) is 19.3 Å². The van der Waals surface area contributed by atoms with Crippen molar-refractivity contribution in [2.75, 3.05) is 30.9 Å². The summed E-state index contributed by atoms with van der Waals surface area (Å²) in [5, 5.41) is 11.6. The van der Waals surface area contributed by atoms with Gasteiger partial charge in [0.15, 0.2) is 11.0 Å². The summed E-state index contributed by atoms with van der Waals surface area (Å²) in [7, 11) is 0. The molecule has 0 amide bonds. The second-order valence-corrected chi connectivity index (χ2v) is 9.04. The second kappa shape index (κ2) is 8.51. The zero-order valence-corrected chi connectivity index (χ0v) is 18.5. The zero-order chi connectivity index (χ0) is 19.7. The van der Waals surface area contributed by atoms with Crippen molar-refractivity contribution in [3.63, 3.8) is 0 Å². The van der Waals surface area contributed by atoms with Crippen LogP contribution in [0.4, 0.5) is 5.82 Å². The standard InChI is InChI=1S/C21H28N4OS2/c1-4-6-10-15-13-8-7-9-14(13)16-17-18(28-20(16)22-15)19(24-21(23-17)27-3)25(5-2)11-12-26/h26H,4-12H2,1-3H3. The molecule has 0 saturated heterocycles. The summed E-state index contributed by atoms with van der Waals surface area (Å²) >= 11 is 3.30. The average molecular weight is 417 g/mol. The van der Waals surface area contributed by atoms with Crippen LogP contribution >= 0.6 is 23.1 Å². The molecule has 0 radical (unpaired) electrons. The van der Waals surface area contributed by atoms with Crippen molar-refractivity contribution in [3.8, 4) is 0 Å². The number of fused-ring (bicyclic) bond motifs is 5. The third-order valence-corrected chi connectivity index (χ3v) is 7.20. The molecule has 4 rings (SSSR count). The first-order valence-electron chi connectivity index (χ1n) is 10.3. The molecule has 1 aliphatic carbocycles. The lowest BCUT2D eigenvalue weighted by Gasteiger charge is -2.21. The highest BCUT2D eigenvalue weighted by Gasteiger charge is 2.25. The van der Waals surface area contributed by atoms with Gasteiger partial charge in [-0.2, -0.15) is 0 Å². The normalized spacial score (nSPS) is 13.6. The number of unbranched alkanes of at least 4 members (excludes halogenated alkanes) is 1. The molecule has 0 saturated carbocycles. The van der Waals surface area contributed by atoms with E-state index in [1.807, 2.05) is 6.26 Å². The van der Waals surface area contributed by atoms with E-state index in [2.05, 4.69) is 18.7 Å². The first kappa shape index (κ1) is 19.9. The van der Waals surface area contributed by atoms with Gasteiger partial charge in [0.1, 0.15) is 4.83 Å². The Kier molecular flexibility index (Phi) is 6.04. The van der Waals surface area contributed by atoms with Gasteiger partial charge in [-0.15, -0.1) is 11.3 Å². The quantitative estimate of drug-likeness (QED) is 0.427. The van der Waals surface area contributed by atoms with Gasteiger partial charge in [-0.25, -0.2) is 15.0 Å². The van der Waals surface area contributed by atoms with Gasteiger partial charge >= 0.3 is 0 Å². The monoisotopic (exact) mass is 416 g/mol. The first-order chi connectivity index (χ1) is 13.7. The number of thioether (sulfide) groups is 1. The maximum atomic E-state index is 9.51. The number of aliphatic hydroxyl groups excluding tert-OH is 1. The molecule has 1 N–H and O–H groups in total. The number of anilines is 1. The van der Waals surface area contributed by atoms with Crippen LogP contribution in [-0.4, -0.2) is 46.0 Å². The summed E-state index contributed by atoms with van der Waals surface area (Å²) in [6.45, 7) is 5.85. The Bertz CT molecular complexity index is 1000. The maximum absolute atomic E-state index is 9.51. The number of hydrogen-bond donors (Lipinski definition) is 1. The number of aliphatic hydroxyl groups is 1. The molecule has 3 aromatic heterocycles. The summed E-state index contributed by atoms with van der Waals surface area (Å²) < 4.78 is 1.11. The van der Waals surface area contributed by atoms with Gasteiger partial charge in [-0.05, 0) is 56.4 Å². The third-order valence-electron chi connectivity index (χ3n) is 5.58. The Labute approximate surface area is 174 Å². The molecule has 3 aromatic rings. The van der Waals surface area contributed by atoms with Crippen LogP contribution in [0, 0.1) is 0 Å². The average Bonchev–Trinajstić information content (AvgIpc) is 3.33. The van der Waals surface area contributed by atoms with Crippen molar-refractivity contribution < 1.29 is 5.11 Å². The molecule has 0 aromatic carbocycles. The molecule has 3 heterocycles. The Hall–Kier alpha value is -1.44. The SMILES string of the molecule is CCCCc1nc2sc3c(N(CC)CCO)nc(SC)nc3c2c2c1CCC2. The van der Waals surface area contributed by atoms with Gasteiger partial charge in [0.2, 0.25) is 0 Å². The van der Waals surface area contributed by atoms with E-state index >= 15 is 0 Å². The van der Waals surface area contributed by atoms with Crippen molar-refractivity contribution in [1.29, 1.82) is 0 Å². The number of thiophene rings is 1. The van der Waals surface area contributed by atoms with E-state index in [9.17, 15) is 5.11 Å². The van der Waals surface area contributed by atoms with Gasteiger partial charge in [0, 0.05) is 24.2 Å². The minimum absolute atomic E-state index is 0.119. The number of likely N-dealkylation sites (N-methyl/N-ethyl adjacent to an activating group) is 1. The van der Waals surface area contributed by atoms with E-state index in [-0.39, 0.29) is 6.61 Å². The van der Waals surface area contributed by atoms with Gasteiger partial charge in [-0.1, -0.05) is 25.1 Å². The van der Waals surface area contributed by atoms with Crippen LogP contribution < -0.4 is 4.90 Å². The minimum atomic E-state index is 0.119. The number of hydrogen-bond acceptors (Lipinski definition) is 7. The van der Waals surface area contributed by atoms with Crippen LogP contribution in [0.5, 0.6) is 0 Å². The van der Waals surface area contributed by atoms with E-state index in [4.69, 9.17) is 15.0 Å². The number of nitrogens with zero attached hydrogens (tertiary/aromatic N) is 4. The molecule has 0 bridgehead atoms. The zero-order valence-electron chi connectivity index (χ0n) is 16.9. The lowest BCUT2D eigenvalue weighted by Crippen LogP contribution is -2.27. The van der Waals surface area contributed by atoms with Crippen LogP contribution in [0.15, 0.2) is 5.16 Å². The summed E-state index contributed by atoms with van der Waals surface area (Å²) in [6.07, 6.45) is 8.97. The maximum Gasteiger partial charge on any atom is 0.189 e. The fraction of sp³-hybridized carbons (Fsp3) is 0.571. The van der Waals surface area contributed by atoms with Gasteiger partial charge < -0.3 is 10.0 Å². The van der Waals surface area contributed by atoms with Crippen LogP contribution in [0.2, 0.25) is 0 Å². The number of aromatic nitrogens is 3. The third kappa shape index (κ3) is 3.37. The lowest BCUT2D eigenvalue weighted by atomic mass is 10.0. The molecule has 0 spiro atoms. The number of pyridine rings is 1. The molecule has 7 heteroatoms. The Morgan fingerprint density at radius 1 is 1.14 bits per heavy atom. The fourth-order valence-corrected chi connectivity index (χ4v) is 5.74. The van der Waals surface area contributed by atoms with Crippen molar-refractivity contribution in [3.05, 3.63) is 16.8 Å². The van der Waals surface area contributed by atoms with Crippen LogP contribution in [0.3, 0.4) is 0 Å². The van der Waals surface area contributed by atoms with Crippen molar-refractivity contribution in [2.45, 2.75) is 57.5 Å². The predicted octanol–water partition coefficient (Wildman–Crippen LogP) is 4.61. The highest BCUT2D eigenvalue weighted by atomic mass is 32.2. The summed E-state index contributed by atoms with van der Waals surface area (Å²) in [5.41, 5.74) is 5.31. The summed E-state index contributed by atoms with van der Waals surface area (Å²) in [6, 6.07) is 0. The molecule has 0 atom stereocenters. The summed E-state index contributed by atoms with van der Waals surface area (Å²) in [4.78, 5) is 18.1. The van der Waals surface area contributed by atoms with Crippen molar-refractivity contribution in [2.24, 2.45) is 0 Å². The molecule has 5 nitrogen and oxygen atoms in total. The van der Waals surface area contributed by atoms with Gasteiger partial charge in [0.25, 0.3) is 0 Å². The lowest BCUT2D eigenvalue weighted by molar-refractivity contribution is 0.302. The van der Waals surface area contributed by atoms with E-state index in [0.717, 1.165) is 51.8 Å². The van der Waals surface area contributed by atoms with Gasteiger partial charge in [0.05, 0.1) is 16.8 Å². The molecule has 0 unspecified atom stereocenters. The van der Waals surface area contributed by atoms with Crippen molar-refractivity contribution >= 4 is 49.3 Å². The summed E-state index contributed by atoms with van der Waals surface area (Å²) in [5.74, 6) is 0.941.